The highest BCUT2D eigenvalue weighted by Gasteiger charge is 2.37. The number of benzene rings is 2. The maximum atomic E-state index is 13.2. The molecule has 0 fully saturated rings. The second-order valence-electron chi connectivity index (χ2n) is 7.13. The molecule has 0 bridgehead atoms. The maximum absolute atomic E-state index is 13.2. The van der Waals surface area contributed by atoms with Gasteiger partial charge in [-0.1, -0.05) is 36.0 Å². The molecule has 1 heterocycles. The number of hydrogen-bond donors (Lipinski definition) is 1. The van der Waals surface area contributed by atoms with Crippen molar-refractivity contribution in [1.29, 1.82) is 0 Å². The Balaban J connectivity index is 2.14. The van der Waals surface area contributed by atoms with Crippen LogP contribution in [0, 0.1) is 0 Å². The second kappa shape index (κ2) is 8.34. The van der Waals surface area contributed by atoms with Gasteiger partial charge in [-0.25, -0.2) is 4.57 Å². The van der Waals surface area contributed by atoms with E-state index in [9.17, 15) is 9.46 Å². The molecule has 1 unspecified atom stereocenters. The zero-order valence-electron chi connectivity index (χ0n) is 16.7. The van der Waals surface area contributed by atoms with E-state index >= 15 is 0 Å². The molecule has 0 spiro atoms. The molecule has 1 atom stereocenters. The average Bonchev–Trinajstić information content (AvgIpc) is 2.76. The Morgan fingerprint density at radius 2 is 1.71 bits per heavy atom. The first-order chi connectivity index (χ1) is 13.2. The van der Waals surface area contributed by atoms with Crippen molar-refractivity contribution >= 4 is 31.3 Å². The summed E-state index contributed by atoms with van der Waals surface area (Å²) in [5, 5.41) is 0. The van der Waals surface area contributed by atoms with E-state index in [1.54, 1.807) is 18.9 Å². The number of hydrogen-bond acceptors (Lipinski definition) is 4. The highest BCUT2D eigenvalue weighted by atomic mass is 32.2. The highest BCUT2D eigenvalue weighted by Crippen LogP contribution is 2.55. The summed E-state index contributed by atoms with van der Waals surface area (Å²) in [4.78, 5) is 12.7. The minimum atomic E-state index is -4.08. The molecule has 0 amide bonds. The van der Waals surface area contributed by atoms with Gasteiger partial charge in [-0.15, -0.1) is 0 Å². The van der Waals surface area contributed by atoms with Crippen LogP contribution >= 0.6 is 19.5 Å². The first-order valence-electron chi connectivity index (χ1n) is 9.21. The van der Waals surface area contributed by atoms with Gasteiger partial charge in [-0.2, -0.15) is 4.67 Å². The van der Waals surface area contributed by atoms with Crippen LogP contribution in [0.15, 0.2) is 52.3 Å². The van der Waals surface area contributed by atoms with Crippen molar-refractivity contribution in [2.24, 2.45) is 0 Å². The molecule has 0 saturated heterocycles. The zero-order chi connectivity index (χ0) is 20.5. The van der Waals surface area contributed by atoms with Gasteiger partial charge in [0.1, 0.15) is 11.5 Å². The molecule has 0 radical (unpaired) electrons. The van der Waals surface area contributed by atoms with Gasteiger partial charge in [0, 0.05) is 22.5 Å². The van der Waals surface area contributed by atoms with Crippen molar-refractivity contribution < 1.29 is 18.7 Å². The summed E-state index contributed by atoms with van der Waals surface area (Å²) in [5.41, 5.74) is 1.67. The fourth-order valence-electron chi connectivity index (χ4n) is 3.43. The Hall–Kier alpha value is -1.72. The summed E-state index contributed by atoms with van der Waals surface area (Å²) in [6, 6.07) is 13.2. The van der Waals surface area contributed by atoms with E-state index in [2.05, 4.69) is 0 Å². The quantitative estimate of drug-likeness (QED) is 0.589. The maximum Gasteiger partial charge on any atom is 0.459 e. The van der Waals surface area contributed by atoms with Crippen LogP contribution in [0.5, 0.6) is 5.75 Å². The van der Waals surface area contributed by atoms with Crippen LogP contribution in [0.25, 0.3) is 11.8 Å². The van der Waals surface area contributed by atoms with Crippen LogP contribution in [0.3, 0.4) is 0 Å². The van der Waals surface area contributed by atoms with Crippen LogP contribution in [0.1, 0.15) is 38.8 Å². The minimum Gasteiger partial charge on any atom is -0.496 e. The lowest BCUT2D eigenvalue weighted by atomic mass is 10.1. The van der Waals surface area contributed by atoms with Crippen LogP contribution in [-0.2, 0) is 9.09 Å². The smallest absolute Gasteiger partial charge is 0.459 e. The van der Waals surface area contributed by atoms with E-state index in [1.165, 1.54) is 4.67 Å². The van der Waals surface area contributed by atoms with Crippen molar-refractivity contribution in [3.63, 3.8) is 0 Å². The van der Waals surface area contributed by atoms with Gasteiger partial charge in [0.05, 0.1) is 12.0 Å². The van der Waals surface area contributed by atoms with Crippen LogP contribution in [-0.4, -0.2) is 28.8 Å². The first kappa shape index (κ1) is 21.0. The Morgan fingerprint density at radius 1 is 1.04 bits per heavy atom. The third-order valence-electron chi connectivity index (χ3n) is 4.45. The third kappa shape index (κ3) is 4.15. The molecular weight excluding hydrogens is 393 g/mol. The molecule has 1 aliphatic heterocycles. The molecule has 2 aromatic rings. The minimum absolute atomic E-state index is 0.145. The fourth-order valence-corrected chi connectivity index (χ4v) is 6.24. The molecular formula is C21H26NO4PS. The van der Waals surface area contributed by atoms with E-state index < -0.39 is 7.75 Å². The highest BCUT2D eigenvalue weighted by molar-refractivity contribution is 7.99. The SMILES string of the molecule is COc1cccc2c1Sc1ccccc1C=C2OP(=O)(O)N(C(C)C)C(C)C. The van der Waals surface area contributed by atoms with Gasteiger partial charge in [0.15, 0.2) is 0 Å². The Bertz CT molecular complexity index is 934. The lowest BCUT2D eigenvalue weighted by molar-refractivity contribution is 0.210. The number of methoxy groups -OCH3 is 1. The second-order valence-corrected chi connectivity index (χ2v) is 9.81. The Labute approximate surface area is 171 Å². The molecule has 5 nitrogen and oxygen atoms in total. The van der Waals surface area contributed by atoms with Crippen molar-refractivity contribution in [3.8, 4) is 5.75 Å². The number of nitrogens with zero attached hydrogens (tertiary/aromatic N) is 1. The molecule has 7 heteroatoms. The normalized spacial score (nSPS) is 15.5. The van der Waals surface area contributed by atoms with Crippen LogP contribution in [0.2, 0.25) is 0 Å². The predicted octanol–water partition coefficient (Wildman–Crippen LogP) is 5.89. The molecule has 0 aliphatic carbocycles. The lowest BCUT2D eigenvalue weighted by Gasteiger charge is -2.33. The van der Waals surface area contributed by atoms with Crippen molar-refractivity contribution in [1.82, 2.24) is 4.67 Å². The molecule has 1 N–H and O–H groups in total. The number of ether oxygens (including phenoxy) is 1. The van der Waals surface area contributed by atoms with Gasteiger partial charge in [0.2, 0.25) is 0 Å². The Kier molecular flexibility index (Phi) is 6.25. The fraction of sp³-hybridized carbons (Fsp3) is 0.333. The van der Waals surface area contributed by atoms with Gasteiger partial charge in [-0.05, 0) is 57.5 Å². The topological polar surface area (TPSA) is 59.0 Å². The van der Waals surface area contributed by atoms with Crippen molar-refractivity contribution in [2.45, 2.75) is 49.6 Å². The van der Waals surface area contributed by atoms with Crippen LogP contribution < -0.4 is 4.74 Å². The number of fused-ring (bicyclic) bond motifs is 2. The standard InChI is InChI=1S/C21H26NO4PS/c1-14(2)22(15(3)4)27(23,24)26-19-13-16-9-6-7-12-20(16)28-21-17(19)10-8-11-18(21)25-5/h6-15H,1-5H3,(H,23,24). The summed E-state index contributed by atoms with van der Waals surface area (Å²) >= 11 is 1.56. The average molecular weight is 419 g/mol. The third-order valence-corrected chi connectivity index (χ3v) is 7.61. The molecule has 0 aromatic heterocycles. The van der Waals surface area contributed by atoms with Gasteiger partial charge in [0.25, 0.3) is 0 Å². The summed E-state index contributed by atoms with van der Waals surface area (Å²) in [6.45, 7) is 7.54. The lowest BCUT2D eigenvalue weighted by Crippen LogP contribution is -2.34. The first-order valence-corrected chi connectivity index (χ1v) is 11.6. The summed E-state index contributed by atoms with van der Waals surface area (Å²) < 4.78 is 26.1. The van der Waals surface area contributed by atoms with E-state index in [0.29, 0.717) is 11.5 Å². The van der Waals surface area contributed by atoms with E-state index in [1.807, 2.05) is 76.2 Å². The molecule has 150 valence electrons. The van der Waals surface area contributed by atoms with E-state index in [0.717, 1.165) is 20.9 Å². The van der Waals surface area contributed by atoms with Crippen LogP contribution in [0.4, 0.5) is 0 Å². The summed E-state index contributed by atoms with van der Waals surface area (Å²) in [5.74, 6) is 1.06. The molecule has 1 aliphatic rings. The number of rotatable bonds is 6. The molecule has 2 aromatic carbocycles. The zero-order valence-corrected chi connectivity index (χ0v) is 18.5. The Morgan fingerprint density at radius 3 is 2.36 bits per heavy atom. The van der Waals surface area contributed by atoms with Crippen molar-refractivity contribution in [3.05, 3.63) is 53.6 Å². The summed E-state index contributed by atoms with van der Waals surface area (Å²) in [7, 11) is -2.46. The summed E-state index contributed by atoms with van der Waals surface area (Å²) in [6.07, 6.45) is 1.83. The molecule has 3 rings (SSSR count). The molecule has 28 heavy (non-hydrogen) atoms. The van der Waals surface area contributed by atoms with Gasteiger partial charge >= 0.3 is 7.75 Å². The predicted molar refractivity (Wildman–Crippen MR) is 114 cm³/mol. The van der Waals surface area contributed by atoms with Gasteiger partial charge < -0.3 is 14.2 Å². The monoisotopic (exact) mass is 419 g/mol. The van der Waals surface area contributed by atoms with E-state index in [-0.39, 0.29) is 12.1 Å². The largest absolute Gasteiger partial charge is 0.496 e. The van der Waals surface area contributed by atoms with E-state index in [4.69, 9.17) is 9.26 Å². The van der Waals surface area contributed by atoms with Crippen molar-refractivity contribution in [2.75, 3.05) is 7.11 Å². The molecule has 0 saturated carbocycles. The van der Waals surface area contributed by atoms with Gasteiger partial charge in [-0.3, -0.25) is 0 Å².